The number of nitrogens with zero attached hydrogens (tertiary/aromatic N) is 3. The number of nitrogens with one attached hydrogen (secondary N) is 1. The summed E-state index contributed by atoms with van der Waals surface area (Å²) < 4.78 is 0. The lowest BCUT2D eigenvalue weighted by Gasteiger charge is -2.32. The molecule has 1 aromatic heterocycles. The van der Waals surface area contributed by atoms with Crippen molar-refractivity contribution in [2.24, 2.45) is 11.7 Å². The van der Waals surface area contributed by atoms with Gasteiger partial charge in [0.05, 0.1) is 5.92 Å². The van der Waals surface area contributed by atoms with Crippen LogP contribution in [0.3, 0.4) is 0 Å². The van der Waals surface area contributed by atoms with Gasteiger partial charge in [-0.3, -0.25) is 4.79 Å². The monoisotopic (exact) mass is 249 g/mol. The van der Waals surface area contributed by atoms with Crippen molar-refractivity contribution in [2.75, 3.05) is 30.4 Å². The molecule has 0 spiro atoms. The van der Waals surface area contributed by atoms with Crippen molar-refractivity contribution in [2.45, 2.75) is 19.8 Å². The summed E-state index contributed by atoms with van der Waals surface area (Å²) in [4.78, 5) is 22.1. The van der Waals surface area contributed by atoms with E-state index in [0.717, 1.165) is 30.9 Å². The van der Waals surface area contributed by atoms with Crippen LogP contribution in [0.1, 0.15) is 18.5 Å². The van der Waals surface area contributed by atoms with Crippen LogP contribution in [0.5, 0.6) is 0 Å². The summed E-state index contributed by atoms with van der Waals surface area (Å²) in [5, 5.41) is 2.94. The SMILES string of the molecule is CNc1nc(C)cc(N2CCCC(C(N)=O)C2)n1. The number of hydrogen-bond acceptors (Lipinski definition) is 5. The van der Waals surface area contributed by atoms with Crippen LogP contribution in [0.25, 0.3) is 0 Å². The molecule has 0 aromatic carbocycles. The second-order valence-electron chi connectivity index (χ2n) is 4.63. The van der Waals surface area contributed by atoms with Gasteiger partial charge < -0.3 is 16.0 Å². The number of carbonyl (C=O) groups is 1. The number of piperidine rings is 1. The lowest BCUT2D eigenvalue weighted by atomic mass is 9.97. The molecule has 0 radical (unpaired) electrons. The Labute approximate surface area is 107 Å². The van der Waals surface area contributed by atoms with E-state index in [-0.39, 0.29) is 11.8 Å². The Bertz CT molecular complexity index is 448. The normalized spacial score (nSPS) is 19.7. The maximum absolute atomic E-state index is 11.3. The first-order valence-electron chi connectivity index (χ1n) is 6.18. The van der Waals surface area contributed by atoms with Crippen LogP contribution in [-0.4, -0.2) is 36.0 Å². The van der Waals surface area contributed by atoms with Crippen LogP contribution in [0.2, 0.25) is 0 Å². The van der Waals surface area contributed by atoms with E-state index in [2.05, 4.69) is 20.2 Å². The highest BCUT2D eigenvalue weighted by Crippen LogP contribution is 2.22. The molecule has 1 unspecified atom stereocenters. The molecule has 1 amide bonds. The fourth-order valence-electron chi connectivity index (χ4n) is 2.24. The average molecular weight is 249 g/mol. The third kappa shape index (κ3) is 2.69. The predicted octanol–water partition coefficient (Wildman–Crippen LogP) is 0.528. The summed E-state index contributed by atoms with van der Waals surface area (Å²) in [6.07, 6.45) is 1.83. The molecule has 0 bridgehead atoms. The molecule has 0 aliphatic carbocycles. The fourth-order valence-corrected chi connectivity index (χ4v) is 2.24. The second-order valence-corrected chi connectivity index (χ2v) is 4.63. The number of anilines is 2. The third-order valence-corrected chi connectivity index (χ3v) is 3.21. The summed E-state index contributed by atoms with van der Waals surface area (Å²) in [7, 11) is 1.79. The van der Waals surface area contributed by atoms with E-state index < -0.39 is 0 Å². The van der Waals surface area contributed by atoms with Gasteiger partial charge in [0, 0.05) is 31.9 Å². The molecule has 2 heterocycles. The Balaban J connectivity index is 2.20. The van der Waals surface area contributed by atoms with Crippen molar-refractivity contribution < 1.29 is 4.79 Å². The zero-order valence-corrected chi connectivity index (χ0v) is 10.8. The van der Waals surface area contributed by atoms with E-state index >= 15 is 0 Å². The van der Waals surface area contributed by atoms with E-state index in [0.29, 0.717) is 12.5 Å². The minimum Gasteiger partial charge on any atom is -0.369 e. The summed E-state index contributed by atoms with van der Waals surface area (Å²) in [5.74, 6) is 1.16. The Hall–Kier alpha value is -1.85. The molecule has 2 rings (SSSR count). The van der Waals surface area contributed by atoms with Crippen LogP contribution in [0, 0.1) is 12.8 Å². The van der Waals surface area contributed by atoms with Crippen LogP contribution < -0.4 is 16.0 Å². The maximum Gasteiger partial charge on any atom is 0.224 e. The average Bonchev–Trinajstić information content (AvgIpc) is 2.38. The third-order valence-electron chi connectivity index (χ3n) is 3.21. The number of nitrogens with two attached hydrogens (primary N) is 1. The predicted molar refractivity (Wildman–Crippen MR) is 70.4 cm³/mol. The summed E-state index contributed by atoms with van der Waals surface area (Å²) in [5.41, 5.74) is 6.29. The topological polar surface area (TPSA) is 84.1 Å². The van der Waals surface area contributed by atoms with Gasteiger partial charge in [0.2, 0.25) is 11.9 Å². The number of hydrogen-bond donors (Lipinski definition) is 2. The van der Waals surface area contributed by atoms with E-state index in [9.17, 15) is 4.79 Å². The molecule has 3 N–H and O–H groups in total. The maximum atomic E-state index is 11.3. The Morgan fingerprint density at radius 2 is 2.33 bits per heavy atom. The van der Waals surface area contributed by atoms with Gasteiger partial charge in [-0.2, -0.15) is 4.98 Å². The highest BCUT2D eigenvalue weighted by molar-refractivity contribution is 5.77. The summed E-state index contributed by atoms with van der Waals surface area (Å²) in [6, 6.07) is 1.93. The molecule has 1 aliphatic rings. The molecule has 0 saturated carbocycles. The highest BCUT2D eigenvalue weighted by Gasteiger charge is 2.25. The zero-order valence-electron chi connectivity index (χ0n) is 10.8. The molecule has 1 fully saturated rings. The molecule has 98 valence electrons. The van der Waals surface area contributed by atoms with Crippen molar-refractivity contribution in [3.05, 3.63) is 11.8 Å². The molecule has 18 heavy (non-hydrogen) atoms. The minimum absolute atomic E-state index is 0.0768. The molecular formula is C12H19N5O. The van der Waals surface area contributed by atoms with Gasteiger partial charge >= 0.3 is 0 Å². The van der Waals surface area contributed by atoms with E-state index in [4.69, 9.17) is 5.73 Å². The van der Waals surface area contributed by atoms with Gasteiger partial charge in [0.25, 0.3) is 0 Å². The van der Waals surface area contributed by atoms with E-state index in [1.54, 1.807) is 7.05 Å². The second kappa shape index (κ2) is 5.20. The van der Waals surface area contributed by atoms with Crippen molar-refractivity contribution in [1.29, 1.82) is 0 Å². The molecule has 1 atom stereocenters. The molecular weight excluding hydrogens is 230 g/mol. The van der Waals surface area contributed by atoms with Crippen molar-refractivity contribution >= 4 is 17.7 Å². The molecule has 1 aliphatic heterocycles. The first-order chi connectivity index (χ1) is 8.60. The van der Waals surface area contributed by atoms with Crippen LogP contribution >= 0.6 is 0 Å². The lowest BCUT2D eigenvalue weighted by molar-refractivity contribution is -0.122. The molecule has 1 aromatic rings. The first kappa shape index (κ1) is 12.6. The highest BCUT2D eigenvalue weighted by atomic mass is 16.1. The number of rotatable bonds is 3. The number of amides is 1. The standard InChI is InChI=1S/C12H19N5O/c1-8-6-10(16-12(14-2)15-8)17-5-3-4-9(7-17)11(13)18/h6,9H,3-5,7H2,1-2H3,(H2,13,18)(H,14,15,16). The molecule has 6 nitrogen and oxygen atoms in total. The Morgan fingerprint density at radius 3 is 3.00 bits per heavy atom. The Morgan fingerprint density at radius 1 is 1.56 bits per heavy atom. The smallest absolute Gasteiger partial charge is 0.224 e. The van der Waals surface area contributed by atoms with Crippen LogP contribution in [0.15, 0.2) is 6.07 Å². The number of primary amides is 1. The van der Waals surface area contributed by atoms with Crippen molar-refractivity contribution in [1.82, 2.24) is 9.97 Å². The fraction of sp³-hybridized carbons (Fsp3) is 0.583. The van der Waals surface area contributed by atoms with Crippen molar-refractivity contribution in [3.8, 4) is 0 Å². The van der Waals surface area contributed by atoms with Gasteiger partial charge in [-0.15, -0.1) is 0 Å². The van der Waals surface area contributed by atoms with E-state index in [1.165, 1.54) is 0 Å². The summed E-state index contributed by atoms with van der Waals surface area (Å²) in [6.45, 7) is 3.49. The van der Waals surface area contributed by atoms with Gasteiger partial charge in [-0.25, -0.2) is 4.98 Å². The number of aryl methyl sites for hydroxylation is 1. The number of carbonyl (C=O) groups excluding carboxylic acids is 1. The minimum atomic E-state index is -0.223. The molecule has 6 heteroatoms. The van der Waals surface area contributed by atoms with Gasteiger partial charge in [-0.05, 0) is 19.8 Å². The largest absolute Gasteiger partial charge is 0.369 e. The molecule has 1 saturated heterocycles. The Kier molecular flexibility index (Phi) is 3.64. The van der Waals surface area contributed by atoms with Gasteiger partial charge in [-0.1, -0.05) is 0 Å². The quantitative estimate of drug-likeness (QED) is 0.816. The zero-order chi connectivity index (χ0) is 13.1. The van der Waals surface area contributed by atoms with Crippen LogP contribution in [-0.2, 0) is 4.79 Å². The number of aromatic nitrogens is 2. The lowest BCUT2D eigenvalue weighted by Crippen LogP contribution is -2.41. The first-order valence-corrected chi connectivity index (χ1v) is 6.18. The van der Waals surface area contributed by atoms with Gasteiger partial charge in [0.1, 0.15) is 5.82 Å². The summed E-state index contributed by atoms with van der Waals surface area (Å²) >= 11 is 0. The van der Waals surface area contributed by atoms with Crippen molar-refractivity contribution in [3.63, 3.8) is 0 Å². The van der Waals surface area contributed by atoms with E-state index in [1.807, 2.05) is 13.0 Å². The van der Waals surface area contributed by atoms with Gasteiger partial charge in [0.15, 0.2) is 0 Å². The van der Waals surface area contributed by atoms with Crippen LogP contribution in [0.4, 0.5) is 11.8 Å².